The third kappa shape index (κ3) is 9.07. The Morgan fingerprint density at radius 2 is 1.82 bits per heavy atom. The molecule has 0 atom stereocenters. The number of rotatable bonds is 10. The summed E-state index contributed by atoms with van der Waals surface area (Å²) in [6, 6.07) is 8.67. The minimum atomic E-state index is 0. The van der Waals surface area contributed by atoms with Gasteiger partial charge in [0.05, 0.1) is 13.2 Å². The molecule has 0 radical (unpaired) electrons. The van der Waals surface area contributed by atoms with Gasteiger partial charge in [-0.15, -0.1) is 24.0 Å². The van der Waals surface area contributed by atoms with E-state index in [0.717, 1.165) is 71.5 Å². The number of halogens is 1. The van der Waals surface area contributed by atoms with Crippen molar-refractivity contribution < 1.29 is 4.74 Å². The number of likely N-dealkylation sites (N-methyl/N-ethyl adjacent to an activating group) is 1. The van der Waals surface area contributed by atoms with Gasteiger partial charge in [0.1, 0.15) is 0 Å². The van der Waals surface area contributed by atoms with Crippen LogP contribution in [-0.4, -0.2) is 75.3 Å². The summed E-state index contributed by atoms with van der Waals surface area (Å²) >= 11 is 0. The van der Waals surface area contributed by atoms with Gasteiger partial charge in [-0.25, -0.2) is 0 Å². The summed E-state index contributed by atoms with van der Waals surface area (Å²) in [6.45, 7) is 14.1. The smallest absolute Gasteiger partial charge is 0.191 e. The van der Waals surface area contributed by atoms with Gasteiger partial charge in [0, 0.05) is 46.3 Å². The summed E-state index contributed by atoms with van der Waals surface area (Å²) in [5.41, 5.74) is 2.70. The Balaban J connectivity index is 0.00000392. The second kappa shape index (κ2) is 15.0. The van der Waals surface area contributed by atoms with Gasteiger partial charge in [-0.1, -0.05) is 38.1 Å². The van der Waals surface area contributed by atoms with E-state index in [4.69, 9.17) is 4.74 Å². The van der Waals surface area contributed by atoms with Crippen LogP contribution < -0.4 is 10.6 Å². The zero-order valence-electron chi connectivity index (χ0n) is 17.7. The highest BCUT2D eigenvalue weighted by Gasteiger charge is 2.12. The predicted octanol–water partition coefficient (Wildman–Crippen LogP) is 2.53. The van der Waals surface area contributed by atoms with Crippen molar-refractivity contribution in [2.45, 2.75) is 33.4 Å². The molecule has 0 aromatic heterocycles. The Morgan fingerprint density at radius 1 is 1.11 bits per heavy atom. The highest BCUT2D eigenvalue weighted by Crippen LogP contribution is 2.12. The van der Waals surface area contributed by atoms with Crippen LogP contribution >= 0.6 is 24.0 Å². The number of hydrogen-bond donors (Lipinski definition) is 2. The lowest BCUT2D eigenvalue weighted by molar-refractivity contribution is 0.0341. The van der Waals surface area contributed by atoms with Gasteiger partial charge in [0.25, 0.3) is 0 Å². The fraction of sp³-hybridized carbons (Fsp3) is 0.667. The van der Waals surface area contributed by atoms with Gasteiger partial charge < -0.3 is 20.3 Å². The number of benzene rings is 1. The standard InChI is InChI=1S/C21H37N5O.HI/c1-4-11-25(5-2)12-10-23-21(22-3)24-17-19-8-6-7-9-20(19)18-26-13-15-27-16-14-26;/h6-9H,4-5,10-18H2,1-3H3,(H2,22,23,24);1H. The van der Waals surface area contributed by atoms with Crippen molar-refractivity contribution in [2.24, 2.45) is 4.99 Å². The Labute approximate surface area is 188 Å². The van der Waals surface area contributed by atoms with Crippen molar-refractivity contribution in [3.63, 3.8) is 0 Å². The van der Waals surface area contributed by atoms with E-state index >= 15 is 0 Å². The maximum absolute atomic E-state index is 5.46. The maximum Gasteiger partial charge on any atom is 0.191 e. The van der Waals surface area contributed by atoms with Gasteiger partial charge in [0.15, 0.2) is 5.96 Å². The van der Waals surface area contributed by atoms with E-state index in [9.17, 15) is 0 Å². The Morgan fingerprint density at radius 3 is 2.46 bits per heavy atom. The Bertz CT molecular complexity index is 563. The molecule has 0 bridgehead atoms. The molecule has 1 saturated heterocycles. The predicted molar refractivity (Wildman–Crippen MR) is 129 cm³/mol. The Hall–Kier alpha value is -0.900. The van der Waals surface area contributed by atoms with Gasteiger partial charge in [0.2, 0.25) is 0 Å². The Kier molecular flexibility index (Phi) is 13.5. The molecule has 1 aromatic rings. The molecule has 0 aliphatic carbocycles. The molecule has 2 N–H and O–H groups in total. The summed E-state index contributed by atoms with van der Waals surface area (Å²) in [5.74, 6) is 0.865. The first-order valence-corrected chi connectivity index (χ1v) is 10.3. The maximum atomic E-state index is 5.46. The van der Waals surface area contributed by atoms with Crippen molar-refractivity contribution >= 4 is 29.9 Å². The molecule has 0 spiro atoms. The molecule has 1 aliphatic heterocycles. The molecular weight excluding hydrogens is 465 g/mol. The van der Waals surface area contributed by atoms with E-state index in [1.165, 1.54) is 17.5 Å². The second-order valence-electron chi connectivity index (χ2n) is 6.94. The lowest BCUT2D eigenvalue weighted by atomic mass is 10.1. The summed E-state index contributed by atoms with van der Waals surface area (Å²) < 4.78 is 5.46. The van der Waals surface area contributed by atoms with Crippen LogP contribution in [0.3, 0.4) is 0 Å². The van der Waals surface area contributed by atoms with E-state index in [1.807, 2.05) is 7.05 Å². The molecule has 2 rings (SSSR count). The van der Waals surface area contributed by atoms with Crippen LogP contribution in [0.15, 0.2) is 29.3 Å². The number of nitrogens with one attached hydrogen (secondary N) is 2. The van der Waals surface area contributed by atoms with Crippen LogP contribution in [0, 0.1) is 0 Å². The van der Waals surface area contributed by atoms with E-state index in [1.54, 1.807) is 0 Å². The number of aliphatic imine (C=N–C) groups is 1. The van der Waals surface area contributed by atoms with E-state index in [0.29, 0.717) is 0 Å². The molecule has 0 amide bonds. The summed E-state index contributed by atoms with van der Waals surface area (Å²) in [5, 5.41) is 6.90. The monoisotopic (exact) mass is 503 g/mol. The van der Waals surface area contributed by atoms with Crippen molar-refractivity contribution in [3.8, 4) is 0 Å². The van der Waals surface area contributed by atoms with Crippen molar-refractivity contribution in [1.29, 1.82) is 0 Å². The van der Waals surface area contributed by atoms with E-state index in [-0.39, 0.29) is 24.0 Å². The molecular formula is C21H38IN5O. The number of ether oxygens (including phenoxy) is 1. The van der Waals surface area contributed by atoms with Crippen LogP contribution in [0.4, 0.5) is 0 Å². The van der Waals surface area contributed by atoms with Crippen LogP contribution in [0.1, 0.15) is 31.4 Å². The van der Waals surface area contributed by atoms with Crippen molar-refractivity contribution in [3.05, 3.63) is 35.4 Å². The molecule has 1 fully saturated rings. The average Bonchev–Trinajstić information content (AvgIpc) is 2.71. The van der Waals surface area contributed by atoms with Gasteiger partial charge >= 0.3 is 0 Å². The van der Waals surface area contributed by atoms with Crippen molar-refractivity contribution in [1.82, 2.24) is 20.4 Å². The first-order chi connectivity index (χ1) is 13.3. The normalized spacial score (nSPS) is 15.4. The molecule has 1 heterocycles. The first-order valence-electron chi connectivity index (χ1n) is 10.3. The second-order valence-corrected chi connectivity index (χ2v) is 6.94. The minimum Gasteiger partial charge on any atom is -0.379 e. The topological polar surface area (TPSA) is 52.1 Å². The van der Waals surface area contributed by atoms with Crippen LogP contribution in [0.25, 0.3) is 0 Å². The van der Waals surface area contributed by atoms with Crippen molar-refractivity contribution in [2.75, 3.05) is 59.5 Å². The average molecular weight is 503 g/mol. The number of morpholine rings is 1. The minimum absolute atomic E-state index is 0. The molecule has 1 aliphatic rings. The fourth-order valence-corrected chi connectivity index (χ4v) is 3.36. The molecule has 1 aromatic carbocycles. The zero-order valence-corrected chi connectivity index (χ0v) is 20.1. The summed E-state index contributed by atoms with van der Waals surface area (Å²) in [6.07, 6.45) is 1.20. The lowest BCUT2D eigenvalue weighted by Crippen LogP contribution is -2.41. The van der Waals surface area contributed by atoms with Crippen LogP contribution in [-0.2, 0) is 17.8 Å². The number of nitrogens with zero attached hydrogens (tertiary/aromatic N) is 3. The third-order valence-electron chi connectivity index (χ3n) is 4.99. The van der Waals surface area contributed by atoms with Gasteiger partial charge in [-0.05, 0) is 30.6 Å². The molecule has 7 heteroatoms. The largest absolute Gasteiger partial charge is 0.379 e. The van der Waals surface area contributed by atoms with E-state index < -0.39 is 0 Å². The van der Waals surface area contributed by atoms with Crippen LogP contribution in [0.2, 0.25) is 0 Å². The molecule has 6 nitrogen and oxygen atoms in total. The highest BCUT2D eigenvalue weighted by atomic mass is 127. The molecule has 0 saturated carbocycles. The number of guanidine groups is 1. The quantitative estimate of drug-likeness (QED) is 0.292. The molecule has 0 unspecified atom stereocenters. The van der Waals surface area contributed by atoms with E-state index in [2.05, 4.69) is 63.5 Å². The highest BCUT2D eigenvalue weighted by molar-refractivity contribution is 14.0. The molecule has 160 valence electrons. The zero-order chi connectivity index (χ0) is 19.3. The first kappa shape index (κ1) is 25.1. The fourth-order valence-electron chi connectivity index (χ4n) is 3.36. The van der Waals surface area contributed by atoms with Crippen LogP contribution in [0.5, 0.6) is 0 Å². The van der Waals surface area contributed by atoms with Gasteiger partial charge in [-0.2, -0.15) is 0 Å². The number of hydrogen-bond acceptors (Lipinski definition) is 4. The summed E-state index contributed by atoms with van der Waals surface area (Å²) in [7, 11) is 1.83. The van der Waals surface area contributed by atoms with Gasteiger partial charge in [-0.3, -0.25) is 9.89 Å². The summed E-state index contributed by atoms with van der Waals surface area (Å²) in [4.78, 5) is 9.28. The lowest BCUT2D eigenvalue weighted by Gasteiger charge is -2.27. The molecule has 28 heavy (non-hydrogen) atoms. The SMILES string of the molecule is CCCN(CC)CCNC(=NC)NCc1ccccc1CN1CCOCC1.I. The third-order valence-corrected chi connectivity index (χ3v) is 4.99.